The van der Waals surface area contributed by atoms with E-state index in [4.69, 9.17) is 10.5 Å². The van der Waals surface area contributed by atoms with Crippen LogP contribution in [-0.4, -0.2) is 11.6 Å². The smallest absolute Gasteiger partial charge is 0.350 e. The van der Waals surface area contributed by atoms with Crippen LogP contribution in [0.4, 0.5) is 10.1 Å². The second kappa shape index (κ2) is 5.25. The molecule has 1 aromatic heterocycles. The van der Waals surface area contributed by atoms with Crippen molar-refractivity contribution in [1.29, 1.82) is 0 Å². The molecule has 0 spiro atoms. The quantitative estimate of drug-likeness (QED) is 0.848. The molecular weight excluding hydrogens is 277 g/mol. The Bertz CT molecular complexity index is 626. The summed E-state index contributed by atoms with van der Waals surface area (Å²) in [6.07, 6.45) is 0. The van der Waals surface area contributed by atoms with Crippen LogP contribution in [0.3, 0.4) is 0 Å². The molecule has 3 nitrogen and oxygen atoms in total. The third kappa shape index (κ3) is 3.36. The molecular formula is C15H16FNO2S. The predicted octanol–water partition coefficient (Wildman–Crippen LogP) is 4.09. The Hall–Kier alpha value is -1.88. The Kier molecular flexibility index (Phi) is 3.81. The zero-order valence-electron chi connectivity index (χ0n) is 11.6. The molecule has 0 radical (unpaired) electrons. The summed E-state index contributed by atoms with van der Waals surface area (Å²) in [4.78, 5) is 13.2. The van der Waals surface area contributed by atoms with E-state index in [9.17, 15) is 9.18 Å². The molecule has 0 amide bonds. The molecule has 0 aliphatic heterocycles. The van der Waals surface area contributed by atoms with E-state index >= 15 is 0 Å². The molecule has 0 aliphatic carbocycles. The molecule has 0 unspecified atom stereocenters. The molecule has 0 aliphatic rings. The van der Waals surface area contributed by atoms with Crippen molar-refractivity contribution in [3.05, 3.63) is 41.0 Å². The van der Waals surface area contributed by atoms with Crippen LogP contribution < -0.4 is 5.73 Å². The molecule has 0 bridgehead atoms. The molecule has 0 saturated heterocycles. The molecule has 1 heterocycles. The second-order valence-corrected chi connectivity index (χ2v) is 6.46. The monoisotopic (exact) mass is 293 g/mol. The van der Waals surface area contributed by atoms with Crippen molar-refractivity contribution in [2.75, 3.05) is 5.73 Å². The van der Waals surface area contributed by atoms with Gasteiger partial charge in [0.2, 0.25) is 0 Å². The van der Waals surface area contributed by atoms with Crippen molar-refractivity contribution in [3.8, 4) is 10.4 Å². The minimum absolute atomic E-state index is 0.300. The lowest BCUT2D eigenvalue weighted by Crippen LogP contribution is -2.23. The van der Waals surface area contributed by atoms with Crippen molar-refractivity contribution in [2.24, 2.45) is 0 Å². The van der Waals surface area contributed by atoms with Crippen LogP contribution in [0, 0.1) is 5.82 Å². The molecule has 20 heavy (non-hydrogen) atoms. The van der Waals surface area contributed by atoms with E-state index < -0.39 is 11.6 Å². The van der Waals surface area contributed by atoms with Crippen molar-refractivity contribution in [2.45, 2.75) is 26.4 Å². The lowest BCUT2D eigenvalue weighted by molar-refractivity contribution is 0.00764. The molecule has 5 heteroatoms. The fourth-order valence-electron chi connectivity index (χ4n) is 1.65. The number of carbonyl (C=O) groups excluding carboxylic acids is 1. The highest BCUT2D eigenvalue weighted by molar-refractivity contribution is 7.18. The number of esters is 1. The van der Waals surface area contributed by atoms with Gasteiger partial charge in [-0.05, 0) is 44.5 Å². The largest absolute Gasteiger partial charge is 0.456 e. The molecule has 0 fully saturated rings. The Balaban J connectivity index is 2.30. The van der Waals surface area contributed by atoms with Crippen molar-refractivity contribution < 1.29 is 13.9 Å². The first-order valence-electron chi connectivity index (χ1n) is 6.15. The van der Waals surface area contributed by atoms with Gasteiger partial charge in [0, 0.05) is 4.88 Å². The lowest BCUT2D eigenvalue weighted by atomic mass is 10.2. The number of hydrogen-bond acceptors (Lipinski definition) is 4. The van der Waals surface area contributed by atoms with Crippen LogP contribution in [0.2, 0.25) is 0 Å². The van der Waals surface area contributed by atoms with E-state index in [0.29, 0.717) is 10.6 Å². The average Bonchev–Trinajstić information content (AvgIpc) is 2.70. The van der Waals surface area contributed by atoms with Crippen LogP contribution in [0.5, 0.6) is 0 Å². The van der Waals surface area contributed by atoms with Crippen LogP contribution >= 0.6 is 11.3 Å². The second-order valence-electron chi connectivity index (χ2n) is 5.40. The average molecular weight is 293 g/mol. The van der Waals surface area contributed by atoms with Gasteiger partial charge in [-0.2, -0.15) is 0 Å². The van der Waals surface area contributed by atoms with Gasteiger partial charge in [-0.15, -0.1) is 11.3 Å². The Morgan fingerprint density at radius 3 is 2.40 bits per heavy atom. The third-order valence-corrected chi connectivity index (χ3v) is 3.65. The number of nitrogens with two attached hydrogens (primary N) is 1. The first-order chi connectivity index (χ1) is 9.26. The Labute approximate surface area is 121 Å². The maximum atomic E-state index is 12.9. The number of anilines is 1. The summed E-state index contributed by atoms with van der Waals surface area (Å²) in [5, 5.41) is 0. The summed E-state index contributed by atoms with van der Waals surface area (Å²) in [6, 6.07) is 7.76. The van der Waals surface area contributed by atoms with E-state index in [0.717, 1.165) is 10.4 Å². The third-order valence-electron chi connectivity index (χ3n) is 2.47. The minimum atomic E-state index is -0.566. The number of thiophene rings is 1. The fourth-order valence-corrected chi connectivity index (χ4v) is 2.61. The van der Waals surface area contributed by atoms with Gasteiger partial charge in [0.1, 0.15) is 16.3 Å². The highest BCUT2D eigenvalue weighted by Gasteiger charge is 2.22. The summed E-state index contributed by atoms with van der Waals surface area (Å²) >= 11 is 1.25. The highest BCUT2D eigenvalue weighted by Crippen LogP contribution is 2.34. The van der Waals surface area contributed by atoms with Crippen LogP contribution in [0.1, 0.15) is 30.4 Å². The van der Waals surface area contributed by atoms with E-state index in [1.807, 2.05) is 0 Å². The molecule has 0 saturated carbocycles. The SMILES string of the molecule is CC(C)(C)OC(=O)c1sc(-c2ccc(F)cc2)cc1N. The first kappa shape index (κ1) is 14.5. The lowest BCUT2D eigenvalue weighted by Gasteiger charge is -2.18. The zero-order valence-corrected chi connectivity index (χ0v) is 12.4. The number of carbonyl (C=O) groups is 1. The van der Waals surface area contributed by atoms with E-state index in [2.05, 4.69) is 0 Å². The highest BCUT2D eigenvalue weighted by atomic mass is 32.1. The number of nitrogen functional groups attached to an aromatic ring is 1. The Morgan fingerprint density at radius 2 is 1.85 bits per heavy atom. The summed E-state index contributed by atoms with van der Waals surface area (Å²) in [6.45, 7) is 5.40. The topological polar surface area (TPSA) is 52.3 Å². The molecule has 2 rings (SSSR count). The first-order valence-corrected chi connectivity index (χ1v) is 6.96. The predicted molar refractivity (Wildman–Crippen MR) is 79.3 cm³/mol. The maximum Gasteiger partial charge on any atom is 0.350 e. The van der Waals surface area contributed by atoms with E-state index in [1.54, 1.807) is 39.0 Å². The van der Waals surface area contributed by atoms with Crippen molar-refractivity contribution >= 4 is 23.0 Å². The number of rotatable bonds is 2. The fraction of sp³-hybridized carbons (Fsp3) is 0.267. The van der Waals surface area contributed by atoms with Gasteiger partial charge in [0.05, 0.1) is 5.69 Å². The maximum absolute atomic E-state index is 12.9. The summed E-state index contributed by atoms with van der Waals surface area (Å²) < 4.78 is 18.2. The standard InChI is InChI=1S/C15H16FNO2S/c1-15(2,3)19-14(18)13-11(17)8-12(20-13)9-4-6-10(16)7-5-9/h4-8H,17H2,1-3H3. The minimum Gasteiger partial charge on any atom is -0.456 e. The van der Waals surface area contributed by atoms with Crippen LogP contribution in [0.25, 0.3) is 10.4 Å². The van der Waals surface area contributed by atoms with Crippen LogP contribution in [-0.2, 0) is 4.74 Å². The summed E-state index contributed by atoms with van der Waals surface area (Å²) in [5.41, 5.74) is 6.49. The Morgan fingerprint density at radius 1 is 1.25 bits per heavy atom. The molecule has 2 N–H and O–H groups in total. The van der Waals surface area contributed by atoms with Gasteiger partial charge in [-0.25, -0.2) is 9.18 Å². The van der Waals surface area contributed by atoms with Gasteiger partial charge >= 0.3 is 5.97 Å². The van der Waals surface area contributed by atoms with E-state index in [-0.39, 0.29) is 5.82 Å². The number of ether oxygens (including phenoxy) is 1. The summed E-state index contributed by atoms with van der Waals surface area (Å²) in [5.74, 6) is -0.737. The van der Waals surface area contributed by atoms with E-state index in [1.165, 1.54) is 23.5 Å². The molecule has 2 aromatic rings. The summed E-state index contributed by atoms with van der Waals surface area (Å²) in [7, 11) is 0. The van der Waals surface area contributed by atoms with Gasteiger partial charge < -0.3 is 10.5 Å². The van der Waals surface area contributed by atoms with Gasteiger partial charge in [-0.3, -0.25) is 0 Å². The van der Waals surface area contributed by atoms with Crippen molar-refractivity contribution in [3.63, 3.8) is 0 Å². The molecule has 1 aromatic carbocycles. The molecule has 0 atom stereocenters. The van der Waals surface area contributed by atoms with Crippen LogP contribution in [0.15, 0.2) is 30.3 Å². The van der Waals surface area contributed by atoms with Gasteiger partial charge in [0.25, 0.3) is 0 Å². The number of hydrogen-bond donors (Lipinski definition) is 1. The van der Waals surface area contributed by atoms with Gasteiger partial charge in [0.15, 0.2) is 0 Å². The van der Waals surface area contributed by atoms with Gasteiger partial charge in [-0.1, -0.05) is 12.1 Å². The normalized spacial score (nSPS) is 11.4. The zero-order chi connectivity index (χ0) is 14.9. The number of halogens is 1. The number of benzene rings is 1. The molecule has 106 valence electrons. The van der Waals surface area contributed by atoms with Crippen molar-refractivity contribution in [1.82, 2.24) is 0 Å².